The summed E-state index contributed by atoms with van der Waals surface area (Å²) in [4.78, 5) is 23.3. The van der Waals surface area contributed by atoms with Crippen molar-refractivity contribution in [1.29, 1.82) is 0 Å². The van der Waals surface area contributed by atoms with E-state index in [0.29, 0.717) is 16.8 Å². The van der Waals surface area contributed by atoms with Crippen LogP contribution in [-0.4, -0.2) is 39.2 Å². The number of nitrogens with zero attached hydrogens (tertiary/aromatic N) is 1. The Morgan fingerprint density at radius 3 is 2.58 bits per heavy atom. The zero-order valence-corrected chi connectivity index (χ0v) is 19.3. The second kappa shape index (κ2) is 9.74. The van der Waals surface area contributed by atoms with Crippen LogP contribution in [0.15, 0.2) is 51.9 Å². The minimum atomic E-state index is -4.14. The van der Waals surface area contributed by atoms with Gasteiger partial charge in [-0.3, -0.25) is 14.8 Å². The van der Waals surface area contributed by atoms with E-state index in [0.717, 1.165) is 0 Å². The maximum absolute atomic E-state index is 13.2. The van der Waals surface area contributed by atoms with E-state index < -0.39 is 16.0 Å². The summed E-state index contributed by atoms with van der Waals surface area (Å²) in [6.45, 7) is 4.86. The van der Waals surface area contributed by atoms with Gasteiger partial charge >= 0.3 is 5.97 Å². The quantitative estimate of drug-likeness (QED) is 0.474. The molecule has 0 aliphatic carbocycles. The molecule has 11 heteroatoms. The number of amides is 1. The van der Waals surface area contributed by atoms with Gasteiger partial charge in [-0.05, 0) is 49.7 Å². The van der Waals surface area contributed by atoms with Crippen LogP contribution in [0.1, 0.15) is 29.9 Å². The van der Waals surface area contributed by atoms with Crippen molar-refractivity contribution in [3.63, 3.8) is 0 Å². The van der Waals surface area contributed by atoms with Crippen LogP contribution < -0.4 is 14.8 Å². The molecule has 0 fully saturated rings. The molecule has 10 nitrogen and oxygen atoms in total. The topological polar surface area (TPSA) is 137 Å². The molecule has 1 aromatic heterocycles. The van der Waals surface area contributed by atoms with E-state index in [4.69, 9.17) is 14.0 Å². The average Bonchev–Trinajstić information content (AvgIpc) is 3.12. The molecule has 174 valence electrons. The molecule has 0 spiro atoms. The van der Waals surface area contributed by atoms with Gasteiger partial charge in [0.1, 0.15) is 10.6 Å². The molecule has 2 N–H and O–H groups in total. The number of nitrogens with one attached hydrogen (secondary N) is 2. The van der Waals surface area contributed by atoms with E-state index >= 15 is 0 Å². The van der Waals surface area contributed by atoms with E-state index in [1.165, 1.54) is 50.4 Å². The minimum Gasteiger partial charge on any atom is -0.495 e. The lowest BCUT2D eigenvalue weighted by atomic mass is 10.1. The third-order valence-electron chi connectivity index (χ3n) is 4.52. The number of methoxy groups -OCH3 is 1. The van der Waals surface area contributed by atoms with E-state index in [9.17, 15) is 18.0 Å². The predicted molar refractivity (Wildman–Crippen MR) is 121 cm³/mol. The van der Waals surface area contributed by atoms with E-state index in [1.54, 1.807) is 19.9 Å². The van der Waals surface area contributed by atoms with Crippen LogP contribution >= 0.6 is 0 Å². The molecule has 0 aliphatic rings. The first kappa shape index (κ1) is 23.8. The van der Waals surface area contributed by atoms with Gasteiger partial charge in [0.15, 0.2) is 0 Å². The van der Waals surface area contributed by atoms with Crippen LogP contribution in [0.3, 0.4) is 0 Å². The number of benzene rings is 2. The highest BCUT2D eigenvalue weighted by Crippen LogP contribution is 2.36. The van der Waals surface area contributed by atoms with Gasteiger partial charge in [-0.2, -0.15) is 0 Å². The van der Waals surface area contributed by atoms with E-state index in [2.05, 4.69) is 15.2 Å². The van der Waals surface area contributed by atoms with Crippen LogP contribution in [-0.2, 0) is 19.6 Å². The Bertz CT molecular complexity index is 1300. The molecule has 3 rings (SSSR count). The first-order valence-electron chi connectivity index (χ1n) is 9.88. The van der Waals surface area contributed by atoms with Gasteiger partial charge in [0.25, 0.3) is 10.0 Å². The zero-order chi connectivity index (χ0) is 24.2. The van der Waals surface area contributed by atoms with E-state index in [1.807, 2.05) is 0 Å². The van der Waals surface area contributed by atoms with Gasteiger partial charge in [0.05, 0.1) is 30.5 Å². The number of carbonyl (C=O) groups excluding carboxylic acids is 2. The Morgan fingerprint density at radius 1 is 1.15 bits per heavy atom. The number of aromatic nitrogens is 1. The van der Waals surface area contributed by atoms with Crippen molar-refractivity contribution in [1.82, 2.24) is 5.16 Å². The maximum Gasteiger partial charge on any atom is 0.338 e. The van der Waals surface area contributed by atoms with Crippen molar-refractivity contribution < 1.29 is 32.0 Å². The average molecular weight is 474 g/mol. The molecule has 0 unspecified atom stereocenters. The summed E-state index contributed by atoms with van der Waals surface area (Å²) >= 11 is 0. The lowest BCUT2D eigenvalue weighted by Crippen LogP contribution is -2.15. The SMILES string of the molecule is CCOC(=O)c1cccc(NS(=O)(=O)c2cc(-c3c(C)noc3NC(C)=O)ccc2OC)c1. The smallest absolute Gasteiger partial charge is 0.338 e. The van der Waals surface area contributed by atoms with Gasteiger partial charge in [-0.15, -0.1) is 0 Å². The van der Waals surface area contributed by atoms with Crippen molar-refractivity contribution in [2.45, 2.75) is 25.7 Å². The number of carbonyl (C=O) groups is 2. The molecule has 0 saturated heterocycles. The fourth-order valence-corrected chi connectivity index (χ4v) is 4.38. The van der Waals surface area contributed by atoms with Crippen LogP contribution in [0.4, 0.5) is 11.6 Å². The molecule has 0 atom stereocenters. The van der Waals surface area contributed by atoms with Gasteiger partial charge in [-0.1, -0.05) is 17.3 Å². The predicted octanol–water partition coefficient (Wildman–Crippen LogP) is 3.59. The number of aryl methyl sites for hydroxylation is 1. The largest absolute Gasteiger partial charge is 0.495 e. The number of hydrogen-bond acceptors (Lipinski definition) is 8. The highest BCUT2D eigenvalue weighted by Gasteiger charge is 2.24. The number of rotatable bonds is 8. The fraction of sp³-hybridized carbons (Fsp3) is 0.227. The molecule has 0 saturated carbocycles. The number of anilines is 2. The van der Waals surface area contributed by atoms with E-state index in [-0.39, 0.29) is 40.3 Å². The molecule has 1 heterocycles. The van der Waals surface area contributed by atoms with Gasteiger partial charge in [0, 0.05) is 12.6 Å². The summed E-state index contributed by atoms with van der Waals surface area (Å²) in [7, 11) is -2.79. The van der Waals surface area contributed by atoms with Gasteiger partial charge < -0.3 is 14.0 Å². The van der Waals surface area contributed by atoms with Crippen LogP contribution in [0.2, 0.25) is 0 Å². The molecular weight excluding hydrogens is 450 g/mol. The highest BCUT2D eigenvalue weighted by molar-refractivity contribution is 7.92. The van der Waals surface area contributed by atoms with Crippen molar-refractivity contribution in [3.8, 4) is 16.9 Å². The van der Waals surface area contributed by atoms with Crippen molar-refractivity contribution >= 4 is 33.5 Å². The Kier molecular flexibility index (Phi) is 7.02. The molecular formula is C22H23N3O7S. The summed E-state index contributed by atoms with van der Waals surface area (Å²) < 4.78 is 44.3. The van der Waals surface area contributed by atoms with Crippen molar-refractivity contribution in [2.75, 3.05) is 23.8 Å². The molecule has 0 radical (unpaired) electrons. The molecule has 0 aliphatic heterocycles. The third-order valence-corrected chi connectivity index (χ3v) is 5.92. The molecule has 1 amide bonds. The highest BCUT2D eigenvalue weighted by atomic mass is 32.2. The Balaban J connectivity index is 2.03. The lowest BCUT2D eigenvalue weighted by molar-refractivity contribution is -0.114. The second-order valence-corrected chi connectivity index (χ2v) is 8.58. The molecule has 3 aromatic rings. The maximum atomic E-state index is 13.2. The minimum absolute atomic E-state index is 0.1000. The Hall–Kier alpha value is -3.86. The molecule has 0 bridgehead atoms. The van der Waals surface area contributed by atoms with Gasteiger partial charge in [0.2, 0.25) is 11.8 Å². The summed E-state index contributed by atoms with van der Waals surface area (Å²) in [5.41, 5.74) is 1.72. The Labute approximate surface area is 190 Å². The van der Waals surface area contributed by atoms with Crippen LogP contribution in [0.5, 0.6) is 5.75 Å². The first-order valence-corrected chi connectivity index (χ1v) is 11.4. The summed E-state index contributed by atoms with van der Waals surface area (Å²) in [6.07, 6.45) is 0. The van der Waals surface area contributed by atoms with Crippen molar-refractivity contribution in [2.24, 2.45) is 0 Å². The lowest BCUT2D eigenvalue weighted by Gasteiger charge is -2.14. The van der Waals surface area contributed by atoms with Crippen LogP contribution in [0, 0.1) is 6.92 Å². The zero-order valence-electron chi connectivity index (χ0n) is 18.5. The fourth-order valence-electron chi connectivity index (χ4n) is 3.13. The summed E-state index contributed by atoms with van der Waals surface area (Å²) in [5.74, 6) is -0.727. The molecule has 2 aromatic carbocycles. The number of ether oxygens (including phenoxy) is 2. The summed E-state index contributed by atoms with van der Waals surface area (Å²) in [6, 6.07) is 10.5. The standard InChI is InChI=1S/C22H23N3O7S/c1-5-31-22(27)16-7-6-8-17(11-16)25-33(28,29)19-12-15(9-10-18(19)30-4)20-13(2)24-32-21(20)23-14(3)26/h6-12,25H,5H2,1-4H3,(H,23,26). The van der Waals surface area contributed by atoms with Gasteiger partial charge in [-0.25, -0.2) is 13.2 Å². The Morgan fingerprint density at radius 2 is 1.91 bits per heavy atom. The number of esters is 1. The number of sulfonamides is 1. The van der Waals surface area contributed by atoms with Crippen molar-refractivity contribution in [3.05, 3.63) is 53.7 Å². The van der Waals surface area contributed by atoms with Crippen LogP contribution in [0.25, 0.3) is 11.1 Å². The first-order chi connectivity index (χ1) is 15.7. The normalized spacial score (nSPS) is 11.0. The molecule has 33 heavy (non-hydrogen) atoms. The number of hydrogen-bond donors (Lipinski definition) is 2. The monoisotopic (exact) mass is 473 g/mol. The third kappa shape index (κ3) is 5.32. The second-order valence-electron chi connectivity index (χ2n) is 6.93. The summed E-state index contributed by atoms with van der Waals surface area (Å²) in [5, 5.41) is 6.40.